The lowest BCUT2D eigenvalue weighted by molar-refractivity contribution is -0.303. The van der Waals surface area contributed by atoms with Gasteiger partial charge >= 0.3 is 0 Å². The molecule has 61 heavy (non-hydrogen) atoms. The molecule has 0 radical (unpaired) electrons. The van der Waals surface area contributed by atoms with Gasteiger partial charge in [-0.1, -0.05) is 152 Å². The topological polar surface area (TPSA) is 189 Å². The van der Waals surface area contributed by atoms with Crippen molar-refractivity contribution in [3.05, 3.63) is 48.6 Å². The van der Waals surface area contributed by atoms with Crippen LogP contribution in [-0.2, 0) is 14.3 Å². The van der Waals surface area contributed by atoms with Gasteiger partial charge in [0.25, 0.3) is 0 Å². The molecule has 0 saturated carbocycles. The van der Waals surface area contributed by atoms with E-state index in [4.69, 9.17) is 9.47 Å². The summed E-state index contributed by atoms with van der Waals surface area (Å²) in [5, 5.41) is 75.7. The largest absolute Gasteiger partial charge is 0.394 e. The minimum absolute atomic E-state index is 0.234. The number of amides is 1. The van der Waals surface area contributed by atoms with Gasteiger partial charge in [0.05, 0.1) is 25.4 Å². The Bertz CT molecular complexity index is 1130. The second-order valence-corrected chi connectivity index (χ2v) is 17.1. The molecule has 0 aromatic rings. The molecule has 0 aliphatic carbocycles. The molecule has 0 spiro atoms. The molecule has 1 rings (SSSR count). The number of carbonyl (C=O) groups is 1. The Morgan fingerprint density at radius 1 is 0.557 bits per heavy atom. The number of allylic oxidation sites excluding steroid dienone is 8. The van der Waals surface area contributed by atoms with Gasteiger partial charge in [0.15, 0.2) is 6.29 Å². The van der Waals surface area contributed by atoms with Gasteiger partial charge in [0.1, 0.15) is 36.6 Å². The summed E-state index contributed by atoms with van der Waals surface area (Å²) in [5.41, 5.74) is 0. The smallest absolute Gasteiger partial charge is 0.249 e. The van der Waals surface area contributed by atoms with Crippen LogP contribution in [-0.4, -0.2) is 110 Å². The van der Waals surface area contributed by atoms with Crippen LogP contribution in [0.2, 0.25) is 0 Å². The number of hydrogen-bond acceptors (Lipinski definition) is 10. The molecule has 1 amide bonds. The zero-order chi connectivity index (χ0) is 44.8. The van der Waals surface area contributed by atoms with Gasteiger partial charge in [-0.15, -0.1) is 0 Å². The molecule has 0 aromatic carbocycles. The third-order valence-electron chi connectivity index (χ3n) is 11.6. The highest BCUT2D eigenvalue weighted by molar-refractivity contribution is 5.80. The molecule has 8 N–H and O–H groups in total. The molecular weight excluding hydrogens is 775 g/mol. The Morgan fingerprint density at radius 2 is 0.984 bits per heavy atom. The molecule has 356 valence electrons. The number of ether oxygens (including phenoxy) is 2. The van der Waals surface area contributed by atoms with Crippen LogP contribution in [0.1, 0.15) is 194 Å². The van der Waals surface area contributed by atoms with Crippen molar-refractivity contribution < 1.29 is 50.0 Å². The third-order valence-corrected chi connectivity index (χ3v) is 11.6. The molecule has 11 nitrogen and oxygen atoms in total. The van der Waals surface area contributed by atoms with Crippen LogP contribution in [0.5, 0.6) is 0 Å². The van der Waals surface area contributed by atoms with E-state index >= 15 is 0 Å². The van der Waals surface area contributed by atoms with Crippen molar-refractivity contribution in [2.75, 3.05) is 13.2 Å². The van der Waals surface area contributed by atoms with E-state index in [1.54, 1.807) is 0 Å². The van der Waals surface area contributed by atoms with Crippen molar-refractivity contribution in [3.63, 3.8) is 0 Å². The predicted octanol–water partition coefficient (Wildman–Crippen LogP) is 8.56. The summed E-state index contributed by atoms with van der Waals surface area (Å²) in [6.07, 6.45) is 35.8. The zero-order valence-corrected chi connectivity index (χ0v) is 38.4. The maximum absolute atomic E-state index is 13.1. The molecule has 1 heterocycles. The molecule has 1 saturated heterocycles. The van der Waals surface area contributed by atoms with Gasteiger partial charge in [-0.25, -0.2) is 0 Å². The standard InChI is InChI=1S/C50H91NO10/c1-3-5-7-9-11-13-15-17-19-20-21-22-24-25-27-29-31-33-35-37-42(53)45(55)41(40-60-50-48(58)47(57)46(56)44(39-52)61-50)51-49(59)43(54)38-36-34-32-30-28-26-23-18-16-14-12-10-8-6-4-2/h17,19,22-24,26,29,31,41-48,50,52-58H,3-16,18,20-21,25,27-28,30,32-40H2,1-2H3,(H,51,59)/b19-17+,24-22+,26-23-,31-29+. The Morgan fingerprint density at radius 3 is 1.46 bits per heavy atom. The SMILES string of the molecule is CCCCCCCC/C=C/CC/C=C/CC/C=C/CCCC(O)C(O)C(COC1OC(CO)C(O)C(O)C1O)NC(=O)C(O)CCCCCC/C=C\CCCCCCCCC. The quantitative estimate of drug-likeness (QED) is 0.0219. The fourth-order valence-electron chi connectivity index (χ4n) is 7.47. The van der Waals surface area contributed by atoms with E-state index in [2.05, 4.69) is 67.8 Å². The number of nitrogens with one attached hydrogen (secondary N) is 1. The number of unbranched alkanes of at least 4 members (excludes halogenated alkanes) is 20. The highest BCUT2D eigenvalue weighted by Gasteiger charge is 2.44. The average molecular weight is 866 g/mol. The molecule has 11 heteroatoms. The average Bonchev–Trinajstić information content (AvgIpc) is 3.26. The molecule has 0 bridgehead atoms. The summed E-state index contributed by atoms with van der Waals surface area (Å²) in [6.45, 7) is 3.39. The first-order valence-corrected chi connectivity index (χ1v) is 24.5. The van der Waals surface area contributed by atoms with Gasteiger partial charge in [-0.2, -0.15) is 0 Å². The summed E-state index contributed by atoms with van der Waals surface area (Å²) < 4.78 is 11.1. The number of rotatable bonds is 40. The van der Waals surface area contributed by atoms with Crippen LogP contribution in [0, 0.1) is 0 Å². The van der Waals surface area contributed by atoms with Gasteiger partial charge in [0, 0.05) is 0 Å². The first-order valence-electron chi connectivity index (χ1n) is 24.5. The monoisotopic (exact) mass is 866 g/mol. The van der Waals surface area contributed by atoms with E-state index in [9.17, 15) is 40.5 Å². The Balaban J connectivity index is 2.48. The van der Waals surface area contributed by atoms with Crippen molar-refractivity contribution in [2.24, 2.45) is 0 Å². The normalized spacial score (nSPS) is 21.9. The summed E-state index contributed by atoms with van der Waals surface area (Å²) >= 11 is 0. The summed E-state index contributed by atoms with van der Waals surface area (Å²) in [6, 6.07) is -1.20. The van der Waals surface area contributed by atoms with E-state index in [-0.39, 0.29) is 12.8 Å². The van der Waals surface area contributed by atoms with Crippen molar-refractivity contribution in [1.29, 1.82) is 0 Å². The Kier molecular flexibility index (Phi) is 37.1. The predicted molar refractivity (Wildman–Crippen MR) is 247 cm³/mol. The van der Waals surface area contributed by atoms with Crippen LogP contribution in [0.25, 0.3) is 0 Å². The van der Waals surface area contributed by atoms with Crippen LogP contribution in [0.3, 0.4) is 0 Å². The summed E-state index contributed by atoms with van der Waals surface area (Å²) in [4.78, 5) is 13.1. The number of aliphatic hydroxyl groups excluding tert-OH is 7. The minimum Gasteiger partial charge on any atom is -0.394 e. The number of aliphatic hydroxyl groups is 7. The molecule has 9 unspecified atom stereocenters. The molecule has 9 atom stereocenters. The Labute approximate surface area is 370 Å². The van der Waals surface area contributed by atoms with Crippen LogP contribution in [0.4, 0.5) is 0 Å². The van der Waals surface area contributed by atoms with Gasteiger partial charge < -0.3 is 50.5 Å². The fraction of sp³-hybridized carbons (Fsp3) is 0.820. The molecule has 1 fully saturated rings. The van der Waals surface area contributed by atoms with E-state index in [1.807, 2.05) is 0 Å². The first-order chi connectivity index (χ1) is 29.7. The molecule has 0 aromatic heterocycles. The van der Waals surface area contributed by atoms with Crippen LogP contribution in [0.15, 0.2) is 48.6 Å². The van der Waals surface area contributed by atoms with Crippen LogP contribution < -0.4 is 5.32 Å². The Hall–Kier alpha value is -1.93. The highest BCUT2D eigenvalue weighted by Crippen LogP contribution is 2.23. The minimum atomic E-state index is -1.67. The second-order valence-electron chi connectivity index (χ2n) is 17.1. The fourth-order valence-corrected chi connectivity index (χ4v) is 7.47. The van der Waals surface area contributed by atoms with Crippen molar-refractivity contribution in [3.8, 4) is 0 Å². The summed E-state index contributed by atoms with van der Waals surface area (Å²) in [5.74, 6) is -0.723. The lowest BCUT2D eigenvalue weighted by Crippen LogP contribution is -2.60. The van der Waals surface area contributed by atoms with E-state index in [0.717, 1.165) is 57.8 Å². The lowest BCUT2D eigenvalue weighted by Gasteiger charge is -2.40. The second kappa shape index (κ2) is 39.6. The van der Waals surface area contributed by atoms with Crippen molar-refractivity contribution in [1.82, 2.24) is 5.32 Å². The van der Waals surface area contributed by atoms with Gasteiger partial charge in [-0.05, 0) is 89.9 Å². The molecular formula is C50H91NO10. The zero-order valence-electron chi connectivity index (χ0n) is 38.4. The summed E-state index contributed by atoms with van der Waals surface area (Å²) in [7, 11) is 0. The van der Waals surface area contributed by atoms with Gasteiger partial charge in [0.2, 0.25) is 5.91 Å². The highest BCUT2D eigenvalue weighted by atomic mass is 16.7. The molecule has 1 aliphatic rings. The molecule has 1 aliphatic heterocycles. The van der Waals surface area contributed by atoms with Crippen LogP contribution >= 0.6 is 0 Å². The van der Waals surface area contributed by atoms with E-state index in [1.165, 1.54) is 89.9 Å². The lowest BCUT2D eigenvalue weighted by atomic mass is 9.98. The first kappa shape index (κ1) is 57.1. The number of hydrogen-bond donors (Lipinski definition) is 8. The number of carbonyl (C=O) groups excluding carboxylic acids is 1. The third kappa shape index (κ3) is 29.2. The van der Waals surface area contributed by atoms with Crippen molar-refractivity contribution in [2.45, 2.75) is 249 Å². The van der Waals surface area contributed by atoms with E-state index < -0.39 is 74.2 Å². The maximum atomic E-state index is 13.1. The van der Waals surface area contributed by atoms with Crippen molar-refractivity contribution >= 4 is 5.91 Å². The van der Waals surface area contributed by atoms with Gasteiger partial charge in [-0.3, -0.25) is 4.79 Å². The van der Waals surface area contributed by atoms with E-state index in [0.29, 0.717) is 19.3 Å². The maximum Gasteiger partial charge on any atom is 0.249 e.